The summed E-state index contributed by atoms with van der Waals surface area (Å²) in [5, 5.41) is 9.30. The first-order valence-corrected chi connectivity index (χ1v) is 7.48. The molecule has 0 saturated carbocycles. The molecule has 124 valence electrons. The van der Waals surface area contributed by atoms with Crippen LogP contribution in [-0.2, 0) is 4.74 Å². The number of carbonyl (C=O) groups is 2. The van der Waals surface area contributed by atoms with E-state index in [0.29, 0.717) is 28.3 Å². The molecule has 2 rings (SSSR count). The predicted molar refractivity (Wildman–Crippen MR) is 87.6 cm³/mol. The van der Waals surface area contributed by atoms with E-state index < -0.39 is 11.8 Å². The van der Waals surface area contributed by atoms with Crippen molar-refractivity contribution in [3.8, 4) is 6.07 Å². The Labute approximate surface area is 139 Å². The molecule has 2 aromatic heterocycles. The third-order valence-corrected chi connectivity index (χ3v) is 3.56. The number of H-pyrrole nitrogens is 1. The highest BCUT2D eigenvalue weighted by atomic mass is 16.5. The average molecular weight is 326 g/mol. The number of aromatic nitrogens is 1. The number of esters is 1. The maximum Gasteiger partial charge on any atom is 0.340 e. The molecule has 0 amide bonds. The van der Waals surface area contributed by atoms with Crippen molar-refractivity contribution < 1.29 is 18.7 Å². The molecule has 2 aromatic rings. The van der Waals surface area contributed by atoms with Crippen LogP contribution in [-0.4, -0.2) is 23.3 Å². The molecular formula is C18H18N2O4. The number of hydrogen-bond donors (Lipinski definition) is 1. The van der Waals surface area contributed by atoms with Crippen LogP contribution in [0.15, 0.2) is 22.1 Å². The van der Waals surface area contributed by atoms with Gasteiger partial charge in [-0.3, -0.25) is 4.79 Å². The molecule has 6 nitrogen and oxygen atoms in total. The van der Waals surface area contributed by atoms with E-state index in [4.69, 9.17) is 9.15 Å². The molecule has 0 aromatic carbocycles. The number of nitrogens with one attached hydrogen (secondary N) is 1. The van der Waals surface area contributed by atoms with Gasteiger partial charge in [0.15, 0.2) is 0 Å². The summed E-state index contributed by atoms with van der Waals surface area (Å²) in [4.78, 5) is 27.5. The summed E-state index contributed by atoms with van der Waals surface area (Å²) in [6.07, 6.45) is 1.38. The zero-order valence-corrected chi connectivity index (χ0v) is 14.0. The molecule has 24 heavy (non-hydrogen) atoms. The van der Waals surface area contributed by atoms with Crippen LogP contribution in [0.2, 0.25) is 0 Å². The van der Waals surface area contributed by atoms with Gasteiger partial charge in [0.1, 0.15) is 23.2 Å². The van der Waals surface area contributed by atoms with E-state index in [1.807, 2.05) is 6.07 Å². The molecule has 0 aliphatic carbocycles. The number of aromatic amines is 1. The number of ketones is 1. The Kier molecular flexibility index (Phi) is 5.05. The van der Waals surface area contributed by atoms with E-state index >= 15 is 0 Å². The molecule has 0 saturated heterocycles. The van der Waals surface area contributed by atoms with E-state index in [2.05, 4.69) is 4.98 Å². The zero-order valence-electron chi connectivity index (χ0n) is 14.0. The van der Waals surface area contributed by atoms with Gasteiger partial charge in [-0.15, -0.1) is 0 Å². The van der Waals surface area contributed by atoms with Crippen LogP contribution in [0.3, 0.4) is 0 Å². The lowest BCUT2D eigenvalue weighted by molar-refractivity contribution is 0.0525. The van der Waals surface area contributed by atoms with Gasteiger partial charge in [-0.2, -0.15) is 5.26 Å². The van der Waals surface area contributed by atoms with Crippen LogP contribution in [0, 0.1) is 32.1 Å². The second kappa shape index (κ2) is 7.01. The van der Waals surface area contributed by atoms with Gasteiger partial charge in [0.25, 0.3) is 0 Å². The summed E-state index contributed by atoms with van der Waals surface area (Å²) in [5.74, 6) is 0.112. The van der Waals surface area contributed by atoms with Gasteiger partial charge in [-0.1, -0.05) is 0 Å². The van der Waals surface area contributed by atoms with Gasteiger partial charge in [0, 0.05) is 11.8 Å². The van der Waals surface area contributed by atoms with Crippen LogP contribution >= 0.6 is 0 Å². The zero-order chi connectivity index (χ0) is 17.9. The van der Waals surface area contributed by atoms with Gasteiger partial charge >= 0.3 is 5.97 Å². The van der Waals surface area contributed by atoms with Crippen molar-refractivity contribution in [2.75, 3.05) is 6.61 Å². The molecule has 0 bridgehead atoms. The van der Waals surface area contributed by atoms with Crippen LogP contribution < -0.4 is 0 Å². The monoisotopic (exact) mass is 326 g/mol. The third kappa shape index (κ3) is 3.30. The van der Waals surface area contributed by atoms with E-state index in [9.17, 15) is 14.9 Å². The molecule has 6 heteroatoms. The number of aryl methyl sites for hydroxylation is 2. The van der Waals surface area contributed by atoms with E-state index in [-0.39, 0.29) is 17.9 Å². The lowest BCUT2D eigenvalue weighted by atomic mass is 10.0. The first-order chi connectivity index (χ1) is 11.4. The topological polar surface area (TPSA) is 96.1 Å². The minimum Gasteiger partial charge on any atom is -0.462 e. The number of furan rings is 1. The standard InChI is InChI=1S/C18H18N2O4/c1-5-23-18(22)15-11(3)16(20-12(15)4)17(21)13(9-19)8-14-7-6-10(2)24-14/h6-8,20H,5H2,1-4H3/b13-8+. The number of carbonyl (C=O) groups excluding carboxylic acids is 2. The summed E-state index contributed by atoms with van der Waals surface area (Å²) < 4.78 is 10.4. The summed E-state index contributed by atoms with van der Waals surface area (Å²) in [5.41, 5.74) is 1.44. The predicted octanol–water partition coefficient (Wildman–Crippen LogP) is 3.50. The smallest absolute Gasteiger partial charge is 0.340 e. The molecule has 0 aliphatic rings. The number of nitrogens with zero attached hydrogens (tertiary/aromatic N) is 1. The highest BCUT2D eigenvalue weighted by Gasteiger charge is 2.24. The molecule has 1 N–H and O–H groups in total. The number of hydrogen-bond acceptors (Lipinski definition) is 5. The first-order valence-electron chi connectivity index (χ1n) is 7.48. The van der Waals surface area contributed by atoms with Crippen molar-refractivity contribution >= 4 is 17.8 Å². The Morgan fingerprint density at radius 2 is 2.04 bits per heavy atom. The fraction of sp³-hybridized carbons (Fsp3) is 0.278. The van der Waals surface area contributed by atoms with Crippen LogP contribution in [0.5, 0.6) is 0 Å². The Balaban J connectivity index is 2.42. The second-order valence-corrected chi connectivity index (χ2v) is 5.29. The van der Waals surface area contributed by atoms with Gasteiger partial charge in [-0.25, -0.2) is 4.79 Å². The highest BCUT2D eigenvalue weighted by molar-refractivity contribution is 6.15. The molecule has 0 spiro atoms. The quantitative estimate of drug-likeness (QED) is 0.392. The highest BCUT2D eigenvalue weighted by Crippen LogP contribution is 2.22. The van der Waals surface area contributed by atoms with Gasteiger partial charge in [0.05, 0.1) is 17.9 Å². The Bertz CT molecular complexity index is 862. The van der Waals surface area contributed by atoms with E-state index in [1.165, 1.54) is 6.08 Å². The average Bonchev–Trinajstić information content (AvgIpc) is 3.07. The molecule has 0 atom stereocenters. The SMILES string of the molecule is CCOC(=O)c1c(C)[nH]c(C(=O)/C(C#N)=C/c2ccc(C)o2)c1C. The number of allylic oxidation sites excluding steroid dienone is 1. The van der Waals surface area contributed by atoms with Crippen molar-refractivity contribution in [1.82, 2.24) is 4.98 Å². The van der Waals surface area contributed by atoms with Crippen molar-refractivity contribution in [3.05, 3.63) is 51.7 Å². The molecule has 0 unspecified atom stereocenters. The van der Waals surface area contributed by atoms with Gasteiger partial charge in [-0.05, 0) is 45.4 Å². The molecule has 0 fully saturated rings. The molecule has 0 radical (unpaired) electrons. The molecule has 2 heterocycles. The normalized spacial score (nSPS) is 11.2. The molecular weight excluding hydrogens is 308 g/mol. The Morgan fingerprint density at radius 1 is 1.33 bits per heavy atom. The van der Waals surface area contributed by atoms with E-state index in [1.54, 1.807) is 39.8 Å². The Hall–Kier alpha value is -3.07. The van der Waals surface area contributed by atoms with Gasteiger partial charge in [0.2, 0.25) is 5.78 Å². The van der Waals surface area contributed by atoms with Crippen molar-refractivity contribution in [3.63, 3.8) is 0 Å². The minimum atomic E-state index is -0.497. The fourth-order valence-electron chi connectivity index (χ4n) is 2.44. The van der Waals surface area contributed by atoms with Crippen molar-refractivity contribution in [2.45, 2.75) is 27.7 Å². The number of rotatable bonds is 5. The largest absolute Gasteiger partial charge is 0.462 e. The fourth-order valence-corrected chi connectivity index (χ4v) is 2.44. The number of ether oxygens (including phenoxy) is 1. The summed E-state index contributed by atoms with van der Waals surface area (Å²) in [7, 11) is 0. The van der Waals surface area contributed by atoms with Gasteiger partial charge < -0.3 is 14.1 Å². The minimum absolute atomic E-state index is 0.0795. The Morgan fingerprint density at radius 3 is 2.58 bits per heavy atom. The summed E-state index contributed by atoms with van der Waals surface area (Å²) in [6.45, 7) is 7.06. The van der Waals surface area contributed by atoms with E-state index in [0.717, 1.165) is 0 Å². The van der Waals surface area contributed by atoms with Crippen LogP contribution in [0.4, 0.5) is 0 Å². The van der Waals surface area contributed by atoms with Crippen LogP contribution in [0.1, 0.15) is 50.5 Å². The number of nitriles is 1. The van der Waals surface area contributed by atoms with Crippen molar-refractivity contribution in [1.29, 1.82) is 5.26 Å². The molecule has 0 aliphatic heterocycles. The van der Waals surface area contributed by atoms with Crippen molar-refractivity contribution in [2.24, 2.45) is 0 Å². The maximum absolute atomic E-state index is 12.6. The first kappa shape index (κ1) is 17.3. The maximum atomic E-state index is 12.6. The second-order valence-electron chi connectivity index (χ2n) is 5.29. The lowest BCUT2D eigenvalue weighted by Crippen LogP contribution is -2.08. The third-order valence-electron chi connectivity index (χ3n) is 3.56. The lowest BCUT2D eigenvalue weighted by Gasteiger charge is -2.02. The summed E-state index contributed by atoms with van der Waals surface area (Å²) >= 11 is 0. The number of Topliss-reactive ketones (excluding diaryl/α,β-unsaturated/α-hetero) is 1. The van der Waals surface area contributed by atoms with Crippen LogP contribution in [0.25, 0.3) is 6.08 Å². The summed E-state index contributed by atoms with van der Waals surface area (Å²) in [6, 6.07) is 5.31.